The maximum absolute atomic E-state index is 14.0. The minimum Gasteiger partial charge on any atom is -0.361 e. The highest BCUT2D eigenvalue weighted by molar-refractivity contribution is 5.80. The molecule has 4 aromatic rings. The van der Waals surface area contributed by atoms with Crippen molar-refractivity contribution < 1.29 is 26.7 Å². The molecular formula is C29H22F5N3O. The fraction of sp³-hybridized carbons (Fsp3) is 0.172. The molecule has 2 N–H and O–H groups in total. The summed E-state index contributed by atoms with van der Waals surface area (Å²) in [5.41, 5.74) is 3.37. The number of nitrogens with zero attached hydrogens (tertiary/aromatic N) is 1. The molecule has 1 amide bonds. The maximum Gasteiger partial charge on any atom is 0.225 e. The monoisotopic (exact) mass is 523 g/mol. The van der Waals surface area contributed by atoms with E-state index in [1.807, 2.05) is 0 Å². The van der Waals surface area contributed by atoms with Gasteiger partial charge < -0.3 is 10.3 Å². The molecule has 0 radical (unpaired) electrons. The Hall–Kier alpha value is -4.27. The van der Waals surface area contributed by atoms with Crippen LogP contribution in [0.2, 0.25) is 0 Å². The van der Waals surface area contributed by atoms with Crippen molar-refractivity contribution in [1.29, 1.82) is 0 Å². The molecule has 1 aliphatic carbocycles. The van der Waals surface area contributed by atoms with Gasteiger partial charge in [0, 0.05) is 36.1 Å². The van der Waals surface area contributed by atoms with Gasteiger partial charge in [-0.3, -0.25) is 9.78 Å². The Labute approximate surface area is 215 Å². The fourth-order valence-electron chi connectivity index (χ4n) is 4.73. The molecule has 4 nitrogen and oxygen atoms in total. The third-order valence-electron chi connectivity index (χ3n) is 6.43. The molecule has 0 saturated heterocycles. The number of amides is 1. The summed E-state index contributed by atoms with van der Waals surface area (Å²) in [5, 5.41) is 2.87. The van der Waals surface area contributed by atoms with Crippen LogP contribution in [0.15, 0.2) is 67.0 Å². The maximum atomic E-state index is 14.0. The van der Waals surface area contributed by atoms with E-state index in [0.717, 1.165) is 36.0 Å². The van der Waals surface area contributed by atoms with E-state index >= 15 is 0 Å². The molecule has 2 heterocycles. The van der Waals surface area contributed by atoms with Crippen LogP contribution in [-0.4, -0.2) is 22.0 Å². The number of fused-ring (bicyclic) bond motifs is 1. The summed E-state index contributed by atoms with van der Waals surface area (Å²) in [4.78, 5) is 20.6. The van der Waals surface area contributed by atoms with E-state index in [1.54, 1.807) is 24.4 Å². The second kappa shape index (κ2) is 10.6. The zero-order valence-electron chi connectivity index (χ0n) is 19.9. The van der Waals surface area contributed by atoms with E-state index in [0.29, 0.717) is 27.9 Å². The number of aromatic nitrogens is 2. The lowest BCUT2D eigenvalue weighted by Crippen LogP contribution is -2.32. The number of benzene rings is 2. The Bertz CT molecular complexity index is 1510. The van der Waals surface area contributed by atoms with Gasteiger partial charge >= 0.3 is 0 Å². The summed E-state index contributed by atoms with van der Waals surface area (Å²) >= 11 is 0. The van der Waals surface area contributed by atoms with Gasteiger partial charge in [0.15, 0.2) is 11.6 Å². The van der Waals surface area contributed by atoms with Crippen LogP contribution in [0.5, 0.6) is 0 Å². The normalized spacial score (nSPS) is 15.2. The Morgan fingerprint density at radius 2 is 1.84 bits per heavy atom. The van der Waals surface area contributed by atoms with E-state index in [9.17, 15) is 26.7 Å². The van der Waals surface area contributed by atoms with Crippen LogP contribution in [-0.2, 0) is 24.1 Å². The number of rotatable bonds is 7. The molecule has 2 aromatic heterocycles. The predicted molar refractivity (Wildman–Crippen MR) is 133 cm³/mol. The molecule has 2 aromatic carbocycles. The predicted octanol–water partition coefficient (Wildman–Crippen LogP) is 6.18. The number of hydrogen-bond acceptors (Lipinski definition) is 2. The van der Waals surface area contributed by atoms with E-state index in [2.05, 4.69) is 15.3 Å². The van der Waals surface area contributed by atoms with Gasteiger partial charge in [0.1, 0.15) is 17.8 Å². The Morgan fingerprint density at radius 3 is 2.61 bits per heavy atom. The molecule has 0 spiro atoms. The van der Waals surface area contributed by atoms with Crippen LogP contribution in [0.1, 0.15) is 34.1 Å². The molecule has 0 saturated carbocycles. The van der Waals surface area contributed by atoms with Crippen molar-refractivity contribution in [1.82, 2.24) is 15.3 Å². The number of hydrogen-bond donors (Lipinski definition) is 2. The standard InChI is InChI=1S/C29H22F5N3O/c30-19-4-6-26-23(14-19)18(15-36-26)12-28(38)37-27(10-16-8-20(31)13-21(32)9-16)29-22(2-1-7-35-29)17-3-5-24(33)25(34)11-17/h1-9,11,13,15,19,27,36H,10,12,14H2,(H,37,38)/t19?,27-/m0/s1. The molecule has 2 atom stereocenters. The molecule has 194 valence electrons. The van der Waals surface area contributed by atoms with E-state index < -0.39 is 41.4 Å². The summed E-state index contributed by atoms with van der Waals surface area (Å²) in [6.45, 7) is 0. The lowest BCUT2D eigenvalue weighted by atomic mass is 9.94. The van der Waals surface area contributed by atoms with Gasteiger partial charge in [0.25, 0.3) is 0 Å². The molecule has 1 aliphatic rings. The van der Waals surface area contributed by atoms with Crippen LogP contribution in [0.25, 0.3) is 17.2 Å². The first kappa shape index (κ1) is 25.4. The van der Waals surface area contributed by atoms with Crippen LogP contribution in [0, 0.1) is 23.3 Å². The molecule has 1 unspecified atom stereocenters. The van der Waals surface area contributed by atoms with Crippen molar-refractivity contribution >= 4 is 12.0 Å². The van der Waals surface area contributed by atoms with Crippen molar-refractivity contribution in [2.24, 2.45) is 0 Å². The summed E-state index contributed by atoms with van der Waals surface area (Å²) in [7, 11) is 0. The molecule has 0 fully saturated rings. The van der Waals surface area contributed by atoms with Crippen LogP contribution in [0.4, 0.5) is 22.0 Å². The van der Waals surface area contributed by atoms with Crippen molar-refractivity contribution in [2.45, 2.75) is 31.5 Å². The highest BCUT2D eigenvalue weighted by atomic mass is 19.2. The number of nitrogens with one attached hydrogen (secondary N) is 2. The quantitative estimate of drug-likeness (QED) is 0.284. The fourth-order valence-corrected chi connectivity index (χ4v) is 4.73. The summed E-state index contributed by atoms with van der Waals surface area (Å²) in [6, 6.07) is 8.79. The van der Waals surface area contributed by atoms with Crippen LogP contribution < -0.4 is 5.32 Å². The Kier molecular flexibility index (Phi) is 7.09. The van der Waals surface area contributed by atoms with Gasteiger partial charge in [-0.05, 0) is 71.2 Å². The number of carbonyl (C=O) groups is 1. The van der Waals surface area contributed by atoms with Gasteiger partial charge in [0.05, 0.1) is 18.2 Å². The first-order chi connectivity index (χ1) is 18.3. The molecular weight excluding hydrogens is 501 g/mol. The third-order valence-corrected chi connectivity index (χ3v) is 6.43. The summed E-state index contributed by atoms with van der Waals surface area (Å²) in [6.07, 6.45) is 5.08. The number of carbonyl (C=O) groups excluding carboxylic acids is 1. The second-order valence-electron chi connectivity index (χ2n) is 9.13. The molecule has 0 bridgehead atoms. The lowest BCUT2D eigenvalue weighted by Gasteiger charge is -2.22. The average Bonchev–Trinajstić information content (AvgIpc) is 3.26. The topological polar surface area (TPSA) is 57.8 Å². The van der Waals surface area contributed by atoms with Gasteiger partial charge in [-0.25, -0.2) is 22.0 Å². The second-order valence-corrected chi connectivity index (χ2v) is 9.13. The number of halogens is 5. The highest BCUT2D eigenvalue weighted by Crippen LogP contribution is 2.30. The van der Waals surface area contributed by atoms with Gasteiger partial charge in [-0.15, -0.1) is 0 Å². The molecule has 5 rings (SSSR count). The highest BCUT2D eigenvalue weighted by Gasteiger charge is 2.24. The van der Waals surface area contributed by atoms with Gasteiger partial charge in [0.2, 0.25) is 5.91 Å². The van der Waals surface area contributed by atoms with Crippen molar-refractivity contribution in [3.63, 3.8) is 0 Å². The van der Waals surface area contributed by atoms with Crippen molar-refractivity contribution in [3.8, 4) is 11.1 Å². The number of pyridine rings is 1. The van der Waals surface area contributed by atoms with E-state index in [4.69, 9.17) is 0 Å². The minimum absolute atomic E-state index is 0.0331. The number of H-pyrrole nitrogens is 1. The molecule has 38 heavy (non-hydrogen) atoms. The van der Waals surface area contributed by atoms with Gasteiger partial charge in [-0.1, -0.05) is 12.1 Å². The van der Waals surface area contributed by atoms with Crippen molar-refractivity contribution in [2.75, 3.05) is 0 Å². The molecule has 0 aliphatic heterocycles. The Balaban J connectivity index is 1.49. The van der Waals surface area contributed by atoms with Crippen molar-refractivity contribution in [3.05, 3.63) is 118 Å². The minimum atomic E-state index is -1.15. The van der Waals surface area contributed by atoms with Gasteiger partial charge in [-0.2, -0.15) is 0 Å². The number of aromatic amines is 1. The first-order valence-electron chi connectivity index (χ1n) is 11.9. The van der Waals surface area contributed by atoms with Crippen LogP contribution >= 0.6 is 0 Å². The SMILES string of the molecule is O=C(Cc1c[nH]c2c1CC(F)C=C2)N[C@@H](Cc1cc(F)cc(F)c1)c1ncccc1-c1ccc(F)c(F)c1. The zero-order chi connectivity index (χ0) is 26.8. The Morgan fingerprint density at radius 1 is 1.05 bits per heavy atom. The number of allylic oxidation sites excluding steroid dienone is 1. The first-order valence-corrected chi connectivity index (χ1v) is 11.9. The average molecular weight is 524 g/mol. The van der Waals surface area contributed by atoms with Crippen LogP contribution in [0.3, 0.4) is 0 Å². The number of alkyl halides is 1. The molecule has 9 heteroatoms. The zero-order valence-corrected chi connectivity index (χ0v) is 19.9. The smallest absolute Gasteiger partial charge is 0.225 e. The third kappa shape index (κ3) is 5.51. The van der Waals surface area contributed by atoms with E-state index in [-0.39, 0.29) is 24.8 Å². The lowest BCUT2D eigenvalue weighted by molar-refractivity contribution is -0.121. The summed E-state index contributed by atoms with van der Waals surface area (Å²) < 4.78 is 69.5. The van der Waals surface area contributed by atoms with E-state index in [1.165, 1.54) is 18.3 Å². The largest absolute Gasteiger partial charge is 0.361 e. The summed E-state index contributed by atoms with van der Waals surface area (Å²) in [5.74, 6) is -4.05.